The Kier molecular flexibility index (Phi) is 9.38. The monoisotopic (exact) mass is 510 g/mol. The molecule has 2 aromatic carbocycles. The second-order valence-electron chi connectivity index (χ2n) is 9.68. The van der Waals surface area contributed by atoms with Crippen LogP contribution in [-0.4, -0.2) is 76.1 Å². The van der Waals surface area contributed by atoms with Crippen LogP contribution in [0, 0.1) is 0 Å². The van der Waals surface area contributed by atoms with Gasteiger partial charge in [0.15, 0.2) is 0 Å². The maximum absolute atomic E-state index is 12.6. The number of hydrogen-bond acceptors (Lipinski definition) is 7. The van der Waals surface area contributed by atoms with Gasteiger partial charge in [-0.1, -0.05) is 24.3 Å². The molecular formula is C28H38N4O5. The third-order valence-corrected chi connectivity index (χ3v) is 7.10. The fourth-order valence-corrected chi connectivity index (χ4v) is 5.13. The van der Waals surface area contributed by atoms with Gasteiger partial charge in [0.1, 0.15) is 6.61 Å². The molecular weight excluding hydrogens is 472 g/mol. The summed E-state index contributed by atoms with van der Waals surface area (Å²) in [5, 5.41) is 3.01. The van der Waals surface area contributed by atoms with Crippen LogP contribution >= 0.6 is 0 Å². The molecule has 9 nitrogen and oxygen atoms in total. The van der Waals surface area contributed by atoms with E-state index in [2.05, 4.69) is 22.3 Å². The number of anilines is 2. The van der Waals surface area contributed by atoms with Gasteiger partial charge in [0.05, 0.1) is 31.7 Å². The van der Waals surface area contributed by atoms with Crippen LogP contribution in [-0.2, 0) is 25.5 Å². The first-order valence-corrected chi connectivity index (χ1v) is 12.9. The summed E-state index contributed by atoms with van der Waals surface area (Å²) in [5.74, 6) is -0.205. The van der Waals surface area contributed by atoms with E-state index in [4.69, 9.17) is 19.9 Å². The topological polar surface area (TPSA) is 106 Å². The van der Waals surface area contributed by atoms with E-state index in [-0.39, 0.29) is 30.7 Å². The standard InChI is InChI=1S/C28H38N4O5/c1-35-19-27(33)30-25-17-22(6-11-26(25)31-12-14-37-15-13-31)21-5-3-4-20(16-21)18-32(28(34)36-2)24-9-7-23(29)8-10-24/h3-6,11,16-17,23-24H,7-10,12-15,18-19,29H2,1-2H3,(H,30,33). The molecule has 200 valence electrons. The van der Waals surface area contributed by atoms with Crippen molar-refractivity contribution >= 4 is 23.4 Å². The van der Waals surface area contributed by atoms with Crippen LogP contribution in [0.15, 0.2) is 42.5 Å². The molecule has 0 atom stereocenters. The Labute approximate surface area is 218 Å². The highest BCUT2D eigenvalue weighted by atomic mass is 16.5. The third kappa shape index (κ3) is 7.00. The second-order valence-corrected chi connectivity index (χ2v) is 9.68. The average Bonchev–Trinajstić information content (AvgIpc) is 2.92. The van der Waals surface area contributed by atoms with Crippen LogP contribution in [0.5, 0.6) is 0 Å². The first-order valence-electron chi connectivity index (χ1n) is 12.9. The highest BCUT2D eigenvalue weighted by molar-refractivity contribution is 5.96. The Balaban J connectivity index is 1.59. The number of rotatable bonds is 8. The van der Waals surface area contributed by atoms with Crippen molar-refractivity contribution in [2.75, 3.05) is 57.3 Å². The van der Waals surface area contributed by atoms with Crippen LogP contribution in [0.3, 0.4) is 0 Å². The van der Waals surface area contributed by atoms with E-state index >= 15 is 0 Å². The highest BCUT2D eigenvalue weighted by Gasteiger charge is 2.28. The highest BCUT2D eigenvalue weighted by Crippen LogP contribution is 2.33. The van der Waals surface area contributed by atoms with Crippen molar-refractivity contribution in [3.63, 3.8) is 0 Å². The Morgan fingerprint density at radius 2 is 1.78 bits per heavy atom. The van der Waals surface area contributed by atoms with Gasteiger partial charge in [0, 0.05) is 38.8 Å². The van der Waals surface area contributed by atoms with Gasteiger partial charge >= 0.3 is 6.09 Å². The molecule has 4 rings (SSSR count). The van der Waals surface area contributed by atoms with Crippen molar-refractivity contribution in [3.8, 4) is 11.1 Å². The predicted molar refractivity (Wildman–Crippen MR) is 144 cm³/mol. The van der Waals surface area contributed by atoms with Crippen molar-refractivity contribution in [2.45, 2.75) is 44.3 Å². The summed E-state index contributed by atoms with van der Waals surface area (Å²) in [7, 11) is 2.93. The van der Waals surface area contributed by atoms with E-state index in [9.17, 15) is 9.59 Å². The molecule has 0 unspecified atom stereocenters. The van der Waals surface area contributed by atoms with E-state index in [1.165, 1.54) is 14.2 Å². The van der Waals surface area contributed by atoms with Gasteiger partial charge in [-0.2, -0.15) is 0 Å². The molecule has 2 fully saturated rings. The first kappa shape index (κ1) is 26.9. The van der Waals surface area contributed by atoms with Gasteiger partial charge < -0.3 is 35.1 Å². The van der Waals surface area contributed by atoms with E-state index in [1.807, 2.05) is 35.2 Å². The minimum atomic E-state index is -0.316. The molecule has 2 aromatic rings. The van der Waals surface area contributed by atoms with Crippen molar-refractivity contribution in [3.05, 3.63) is 48.0 Å². The molecule has 2 aliphatic rings. The summed E-state index contributed by atoms with van der Waals surface area (Å²) in [5.41, 5.74) is 10.8. The van der Waals surface area contributed by atoms with Crippen LogP contribution in [0.25, 0.3) is 11.1 Å². The zero-order valence-electron chi connectivity index (χ0n) is 21.8. The third-order valence-electron chi connectivity index (χ3n) is 7.10. The van der Waals surface area contributed by atoms with E-state index in [0.717, 1.165) is 66.8 Å². The molecule has 0 bridgehead atoms. The van der Waals surface area contributed by atoms with Crippen LogP contribution in [0.4, 0.5) is 16.2 Å². The largest absolute Gasteiger partial charge is 0.453 e. The zero-order valence-corrected chi connectivity index (χ0v) is 21.8. The number of carbonyl (C=O) groups is 2. The van der Waals surface area contributed by atoms with Crippen LogP contribution in [0.2, 0.25) is 0 Å². The summed E-state index contributed by atoms with van der Waals surface area (Å²) >= 11 is 0. The minimum absolute atomic E-state index is 0.0162. The van der Waals surface area contributed by atoms with Crippen LogP contribution < -0.4 is 16.0 Å². The number of ether oxygens (including phenoxy) is 3. The van der Waals surface area contributed by atoms with Gasteiger partial charge in [-0.15, -0.1) is 0 Å². The number of hydrogen-bond donors (Lipinski definition) is 2. The second kappa shape index (κ2) is 12.9. The minimum Gasteiger partial charge on any atom is -0.453 e. The molecule has 1 aliphatic heterocycles. The van der Waals surface area contributed by atoms with Gasteiger partial charge in [0.2, 0.25) is 5.91 Å². The Bertz CT molecular complexity index is 1060. The van der Waals surface area contributed by atoms with E-state index in [0.29, 0.717) is 19.8 Å². The fraction of sp³-hybridized carbons (Fsp3) is 0.500. The lowest BCUT2D eigenvalue weighted by molar-refractivity contribution is -0.119. The average molecular weight is 511 g/mol. The summed E-state index contributed by atoms with van der Waals surface area (Å²) in [6.07, 6.45) is 3.26. The first-order chi connectivity index (χ1) is 18.0. The van der Waals surface area contributed by atoms with Crippen molar-refractivity contribution in [1.29, 1.82) is 0 Å². The molecule has 1 heterocycles. The van der Waals surface area contributed by atoms with Crippen molar-refractivity contribution in [1.82, 2.24) is 4.90 Å². The predicted octanol–water partition coefficient (Wildman–Crippen LogP) is 3.61. The zero-order chi connectivity index (χ0) is 26.2. The molecule has 1 saturated carbocycles. The lowest BCUT2D eigenvalue weighted by Crippen LogP contribution is -2.43. The smallest absolute Gasteiger partial charge is 0.410 e. The summed E-state index contributed by atoms with van der Waals surface area (Å²) in [4.78, 5) is 29.1. The Morgan fingerprint density at radius 3 is 2.49 bits per heavy atom. The van der Waals surface area contributed by atoms with E-state index < -0.39 is 0 Å². The van der Waals surface area contributed by atoms with Gasteiger partial charge in [-0.3, -0.25) is 4.79 Å². The molecule has 0 radical (unpaired) electrons. The van der Waals surface area contributed by atoms with E-state index in [1.54, 1.807) is 0 Å². The summed E-state index contributed by atoms with van der Waals surface area (Å²) in [6.45, 7) is 3.27. The molecule has 1 aliphatic carbocycles. The SMILES string of the molecule is COCC(=O)Nc1cc(-c2cccc(CN(C(=O)OC)C3CCC(N)CC3)c2)ccc1N1CCOCC1. The molecule has 0 spiro atoms. The number of benzene rings is 2. The number of methoxy groups -OCH3 is 2. The number of carbonyl (C=O) groups excluding carboxylic acids is 2. The maximum atomic E-state index is 12.6. The van der Waals surface area contributed by atoms with Crippen molar-refractivity contribution in [2.24, 2.45) is 5.73 Å². The molecule has 2 amide bonds. The molecule has 0 aromatic heterocycles. The lowest BCUT2D eigenvalue weighted by atomic mass is 9.90. The quantitative estimate of drug-likeness (QED) is 0.559. The Morgan fingerprint density at radius 1 is 1.05 bits per heavy atom. The number of morpholine rings is 1. The van der Waals surface area contributed by atoms with Crippen molar-refractivity contribution < 1.29 is 23.8 Å². The molecule has 3 N–H and O–H groups in total. The van der Waals surface area contributed by atoms with Gasteiger partial charge in [0.25, 0.3) is 0 Å². The Hall–Kier alpha value is -3.14. The van der Waals surface area contributed by atoms with Crippen LogP contribution in [0.1, 0.15) is 31.2 Å². The summed E-state index contributed by atoms with van der Waals surface area (Å²) in [6, 6.07) is 14.6. The number of nitrogens with two attached hydrogens (primary N) is 1. The number of amides is 2. The normalized spacial score (nSPS) is 19.8. The fourth-order valence-electron chi connectivity index (χ4n) is 5.13. The molecule has 37 heavy (non-hydrogen) atoms. The van der Waals surface area contributed by atoms with Gasteiger partial charge in [-0.25, -0.2) is 4.79 Å². The lowest BCUT2D eigenvalue weighted by Gasteiger charge is -2.35. The number of nitrogens with one attached hydrogen (secondary N) is 1. The molecule has 9 heteroatoms. The molecule has 1 saturated heterocycles. The maximum Gasteiger partial charge on any atom is 0.410 e. The number of nitrogens with zero attached hydrogens (tertiary/aromatic N) is 2. The summed E-state index contributed by atoms with van der Waals surface area (Å²) < 4.78 is 15.6. The van der Waals surface area contributed by atoms with Gasteiger partial charge in [-0.05, 0) is 60.6 Å².